The molecule has 1 saturated carbocycles. The molecular weight excluding hydrogens is 306 g/mol. The number of aromatic amines is 1. The molecule has 1 aromatic heterocycles. The summed E-state index contributed by atoms with van der Waals surface area (Å²) in [6.07, 6.45) is 6.74. The van der Waals surface area contributed by atoms with Gasteiger partial charge in [-0.25, -0.2) is 9.98 Å². The lowest BCUT2D eigenvalue weighted by atomic mass is 10.1. The molecule has 2 aromatic rings. The number of ether oxygens (including phenoxy) is 1. The number of benzene rings is 1. The van der Waals surface area contributed by atoms with Crippen LogP contribution < -0.4 is 10.6 Å². The summed E-state index contributed by atoms with van der Waals surface area (Å²) in [5.74, 6) is 0.299. The number of carbonyl (C=O) groups excluding carboxylic acids is 1. The van der Waals surface area contributed by atoms with E-state index in [1.54, 1.807) is 19.5 Å². The third-order valence-corrected chi connectivity index (χ3v) is 4.52. The molecule has 0 unspecified atom stereocenters. The van der Waals surface area contributed by atoms with Gasteiger partial charge in [-0.2, -0.15) is 0 Å². The second-order valence-electron chi connectivity index (χ2n) is 6.08. The van der Waals surface area contributed by atoms with Gasteiger partial charge in [0.2, 0.25) is 5.96 Å². The number of aliphatic imine (C=N–C) groups is 1. The van der Waals surface area contributed by atoms with E-state index in [-0.39, 0.29) is 18.1 Å². The Labute approximate surface area is 139 Å². The van der Waals surface area contributed by atoms with Gasteiger partial charge in [0.25, 0.3) is 5.91 Å². The van der Waals surface area contributed by atoms with Crippen LogP contribution in [0.3, 0.4) is 0 Å². The predicted molar refractivity (Wildman–Crippen MR) is 91.2 cm³/mol. The third-order valence-electron chi connectivity index (χ3n) is 4.52. The molecule has 7 heteroatoms. The lowest BCUT2D eigenvalue weighted by Crippen LogP contribution is -2.46. The van der Waals surface area contributed by atoms with Crippen molar-refractivity contribution in [3.05, 3.63) is 35.8 Å². The molecule has 24 heavy (non-hydrogen) atoms. The van der Waals surface area contributed by atoms with Gasteiger partial charge in [-0.3, -0.25) is 10.1 Å². The van der Waals surface area contributed by atoms with Gasteiger partial charge in [0.15, 0.2) is 0 Å². The minimum absolute atomic E-state index is 0.166. The Bertz CT molecular complexity index is 838. The molecule has 1 amide bonds. The number of carbonyl (C=O) groups is 1. The van der Waals surface area contributed by atoms with Crippen LogP contribution in [0.5, 0.6) is 0 Å². The number of aromatic nitrogens is 2. The maximum Gasteiger partial charge on any atom is 0.276 e. The largest absolute Gasteiger partial charge is 0.379 e. The molecule has 0 saturated heterocycles. The maximum absolute atomic E-state index is 12.1. The average Bonchev–Trinajstić information content (AvgIpc) is 3.28. The van der Waals surface area contributed by atoms with Crippen LogP contribution in [0.4, 0.5) is 0 Å². The summed E-state index contributed by atoms with van der Waals surface area (Å²) in [4.78, 5) is 23.8. The average molecular weight is 325 g/mol. The molecule has 1 aliphatic heterocycles. The maximum atomic E-state index is 12.1. The Hall–Kier alpha value is -2.67. The number of methoxy groups -OCH3 is 1. The Morgan fingerprint density at radius 3 is 3.17 bits per heavy atom. The molecule has 1 aromatic carbocycles. The van der Waals surface area contributed by atoms with Crippen molar-refractivity contribution in [1.82, 2.24) is 20.6 Å². The fourth-order valence-corrected chi connectivity index (χ4v) is 3.28. The van der Waals surface area contributed by atoms with E-state index >= 15 is 0 Å². The van der Waals surface area contributed by atoms with Gasteiger partial charge in [-0.1, -0.05) is 6.07 Å². The molecular formula is C17H19N5O2. The van der Waals surface area contributed by atoms with Crippen molar-refractivity contribution >= 4 is 29.0 Å². The fraction of sp³-hybridized carbons (Fsp3) is 0.353. The number of rotatable bonds is 3. The first-order chi connectivity index (χ1) is 11.7. The van der Waals surface area contributed by atoms with Gasteiger partial charge in [0, 0.05) is 7.11 Å². The van der Waals surface area contributed by atoms with Crippen LogP contribution in [-0.2, 0) is 9.53 Å². The number of imidazole rings is 1. The summed E-state index contributed by atoms with van der Waals surface area (Å²) in [7, 11) is 1.72. The molecule has 4 rings (SSSR count). The number of nitrogens with one attached hydrogen (secondary N) is 3. The van der Waals surface area contributed by atoms with Crippen LogP contribution in [0.15, 0.2) is 35.2 Å². The zero-order valence-corrected chi connectivity index (χ0v) is 13.4. The van der Waals surface area contributed by atoms with E-state index in [0.717, 1.165) is 35.9 Å². The monoisotopic (exact) mass is 325 g/mol. The summed E-state index contributed by atoms with van der Waals surface area (Å²) in [6.45, 7) is 0. The van der Waals surface area contributed by atoms with Crippen molar-refractivity contribution in [3.8, 4) is 0 Å². The van der Waals surface area contributed by atoms with Gasteiger partial charge in [0.1, 0.15) is 5.70 Å². The SMILES string of the molecule is CO[C@@H]1CCC[C@H]1NC1=N/C(=C\c2ccc3[nH]cnc3c2)C(=O)N1. The first-order valence-corrected chi connectivity index (χ1v) is 8.07. The van der Waals surface area contributed by atoms with Crippen LogP contribution in [0.25, 0.3) is 17.1 Å². The topological polar surface area (TPSA) is 91.4 Å². The van der Waals surface area contributed by atoms with Crippen molar-refractivity contribution in [1.29, 1.82) is 0 Å². The minimum atomic E-state index is -0.202. The number of fused-ring (bicyclic) bond motifs is 1. The van der Waals surface area contributed by atoms with Crippen molar-refractivity contribution in [3.63, 3.8) is 0 Å². The fourth-order valence-electron chi connectivity index (χ4n) is 3.28. The van der Waals surface area contributed by atoms with Crippen LogP contribution in [0.1, 0.15) is 24.8 Å². The Kier molecular flexibility index (Phi) is 3.78. The van der Waals surface area contributed by atoms with Gasteiger partial charge in [-0.05, 0) is 43.0 Å². The molecule has 0 radical (unpaired) electrons. The Morgan fingerprint density at radius 1 is 1.38 bits per heavy atom. The van der Waals surface area contributed by atoms with E-state index in [9.17, 15) is 4.79 Å². The number of H-pyrrole nitrogens is 1. The first-order valence-electron chi connectivity index (χ1n) is 8.07. The summed E-state index contributed by atoms with van der Waals surface area (Å²) >= 11 is 0. The van der Waals surface area contributed by atoms with Gasteiger partial charge in [-0.15, -0.1) is 0 Å². The zero-order valence-electron chi connectivity index (χ0n) is 13.4. The number of hydrogen-bond donors (Lipinski definition) is 3. The molecule has 7 nitrogen and oxygen atoms in total. The summed E-state index contributed by atoms with van der Waals surface area (Å²) < 4.78 is 5.46. The van der Waals surface area contributed by atoms with E-state index in [4.69, 9.17) is 4.74 Å². The third kappa shape index (κ3) is 2.78. The van der Waals surface area contributed by atoms with E-state index in [1.807, 2.05) is 18.2 Å². The highest BCUT2D eigenvalue weighted by Gasteiger charge is 2.30. The highest BCUT2D eigenvalue weighted by Crippen LogP contribution is 2.22. The van der Waals surface area contributed by atoms with Gasteiger partial charge in [0.05, 0.1) is 29.5 Å². The minimum Gasteiger partial charge on any atom is -0.379 e. The summed E-state index contributed by atoms with van der Waals surface area (Å²) in [6, 6.07) is 5.98. The quantitative estimate of drug-likeness (QED) is 0.747. The van der Waals surface area contributed by atoms with E-state index in [2.05, 4.69) is 25.6 Å². The lowest BCUT2D eigenvalue weighted by Gasteiger charge is -2.19. The Balaban J connectivity index is 1.54. The van der Waals surface area contributed by atoms with Crippen LogP contribution in [0, 0.1) is 0 Å². The molecule has 2 heterocycles. The van der Waals surface area contributed by atoms with Crippen LogP contribution in [0.2, 0.25) is 0 Å². The van der Waals surface area contributed by atoms with E-state index in [0.29, 0.717) is 11.7 Å². The van der Waals surface area contributed by atoms with E-state index < -0.39 is 0 Å². The van der Waals surface area contributed by atoms with Crippen LogP contribution in [-0.4, -0.2) is 41.1 Å². The molecule has 124 valence electrons. The zero-order chi connectivity index (χ0) is 16.5. The molecule has 2 atom stereocenters. The molecule has 1 fully saturated rings. The molecule has 0 bridgehead atoms. The van der Waals surface area contributed by atoms with Crippen molar-refractivity contribution < 1.29 is 9.53 Å². The molecule has 0 spiro atoms. The van der Waals surface area contributed by atoms with Crippen LogP contribution >= 0.6 is 0 Å². The standard InChI is InChI=1S/C17H19N5O2/c1-24-15-4-2-3-12(15)20-17-21-14(16(23)22-17)8-10-5-6-11-13(7-10)19-9-18-11/h5-9,12,15H,2-4H2,1H3,(H,18,19)(H2,20,21,22,23)/b14-8-/t12-,15-/m1/s1. The molecule has 3 N–H and O–H groups in total. The summed E-state index contributed by atoms with van der Waals surface area (Å²) in [5.41, 5.74) is 3.10. The predicted octanol–water partition coefficient (Wildman–Crippen LogP) is 1.55. The lowest BCUT2D eigenvalue weighted by molar-refractivity contribution is -0.115. The smallest absolute Gasteiger partial charge is 0.276 e. The Morgan fingerprint density at radius 2 is 2.29 bits per heavy atom. The van der Waals surface area contributed by atoms with Gasteiger partial charge >= 0.3 is 0 Å². The highest BCUT2D eigenvalue weighted by molar-refractivity contribution is 6.13. The van der Waals surface area contributed by atoms with Gasteiger partial charge < -0.3 is 15.0 Å². The molecule has 1 aliphatic carbocycles. The second-order valence-corrected chi connectivity index (χ2v) is 6.08. The highest BCUT2D eigenvalue weighted by atomic mass is 16.5. The normalized spacial score (nSPS) is 25.3. The van der Waals surface area contributed by atoms with E-state index in [1.165, 1.54) is 0 Å². The number of guanidine groups is 1. The number of amides is 1. The summed E-state index contributed by atoms with van der Waals surface area (Å²) in [5, 5.41) is 6.07. The van der Waals surface area contributed by atoms with Crippen molar-refractivity contribution in [2.75, 3.05) is 7.11 Å². The van der Waals surface area contributed by atoms with Crippen molar-refractivity contribution in [2.24, 2.45) is 4.99 Å². The first kappa shape index (κ1) is 14.9. The van der Waals surface area contributed by atoms with Crippen molar-refractivity contribution in [2.45, 2.75) is 31.4 Å². The number of nitrogens with zero attached hydrogens (tertiary/aromatic N) is 2. The second kappa shape index (κ2) is 6.09. The number of hydrogen-bond acceptors (Lipinski definition) is 5. The molecule has 2 aliphatic rings.